The molecule has 2 aromatic carbocycles. The van der Waals surface area contributed by atoms with Crippen LogP contribution in [0.3, 0.4) is 0 Å². The van der Waals surface area contributed by atoms with E-state index in [-0.39, 0.29) is 11.5 Å². The molecule has 0 aliphatic carbocycles. The van der Waals surface area contributed by atoms with Crippen molar-refractivity contribution in [3.05, 3.63) is 100 Å². The Morgan fingerprint density at radius 2 is 1.61 bits per heavy atom. The van der Waals surface area contributed by atoms with Crippen LogP contribution in [-0.2, 0) is 13.1 Å². The first-order valence-corrected chi connectivity index (χ1v) is 11.1. The molecular weight excluding hydrogens is 414 g/mol. The number of pyridine rings is 1. The Hall–Kier alpha value is -3.71. The van der Waals surface area contributed by atoms with Gasteiger partial charge in [0.25, 0.3) is 11.5 Å². The monoisotopic (exact) mass is 443 g/mol. The molecule has 0 radical (unpaired) electrons. The molecule has 170 valence electrons. The van der Waals surface area contributed by atoms with Crippen LogP contribution >= 0.6 is 0 Å². The number of carbonyl (C=O) groups is 1. The minimum absolute atomic E-state index is 0.155. The van der Waals surface area contributed by atoms with Gasteiger partial charge in [-0.15, -0.1) is 0 Å². The number of rotatable bonds is 9. The Bertz CT molecular complexity index is 1280. The van der Waals surface area contributed by atoms with Gasteiger partial charge in [-0.3, -0.25) is 14.3 Å². The van der Waals surface area contributed by atoms with Gasteiger partial charge in [-0.2, -0.15) is 5.10 Å². The number of aromatic nitrogens is 3. The molecule has 0 saturated carbocycles. The predicted octanol–water partition coefficient (Wildman–Crippen LogP) is 2.98. The number of carbonyl (C=O) groups excluding carboxylic acids is 1. The van der Waals surface area contributed by atoms with E-state index in [0.29, 0.717) is 36.1 Å². The second kappa shape index (κ2) is 10.3. The second-order valence-electron chi connectivity index (χ2n) is 8.42. The summed E-state index contributed by atoms with van der Waals surface area (Å²) in [6, 6.07) is 19.7. The maximum absolute atomic E-state index is 13.3. The van der Waals surface area contributed by atoms with Crippen LogP contribution in [0.5, 0.6) is 0 Å². The second-order valence-corrected chi connectivity index (χ2v) is 8.42. The van der Waals surface area contributed by atoms with Crippen molar-refractivity contribution in [2.45, 2.75) is 19.5 Å². The first-order valence-electron chi connectivity index (χ1n) is 11.1. The average Bonchev–Trinajstić information content (AvgIpc) is 3.23. The fraction of sp³-hybridized carbons (Fsp3) is 0.269. The molecule has 1 N–H and O–H groups in total. The molecule has 2 heterocycles. The van der Waals surface area contributed by atoms with Crippen LogP contribution in [0.2, 0.25) is 0 Å². The van der Waals surface area contributed by atoms with Gasteiger partial charge in [-0.1, -0.05) is 60.7 Å². The summed E-state index contributed by atoms with van der Waals surface area (Å²) in [6.45, 7) is 2.31. The Morgan fingerprint density at radius 1 is 0.970 bits per heavy atom. The zero-order chi connectivity index (χ0) is 23.2. The molecule has 0 aliphatic rings. The lowest BCUT2D eigenvalue weighted by Crippen LogP contribution is -2.30. The Morgan fingerprint density at radius 3 is 2.24 bits per heavy atom. The third-order valence-corrected chi connectivity index (χ3v) is 5.55. The Balaban J connectivity index is 1.73. The summed E-state index contributed by atoms with van der Waals surface area (Å²) in [7, 11) is 4.01. The van der Waals surface area contributed by atoms with Gasteiger partial charge in [0.15, 0.2) is 0 Å². The SMILES string of the molecule is CN(C)CCCNC(=O)c1cn(Cc2ccccc2)c(=O)c2cnn(Cc3ccccc3)c12. The van der Waals surface area contributed by atoms with Crippen molar-refractivity contribution in [2.75, 3.05) is 27.2 Å². The van der Waals surface area contributed by atoms with E-state index in [0.717, 1.165) is 24.1 Å². The van der Waals surface area contributed by atoms with Crippen LogP contribution in [-0.4, -0.2) is 52.3 Å². The number of nitrogens with zero attached hydrogens (tertiary/aromatic N) is 4. The third-order valence-electron chi connectivity index (χ3n) is 5.55. The molecule has 4 aromatic rings. The van der Waals surface area contributed by atoms with Crippen molar-refractivity contribution in [3.8, 4) is 0 Å². The highest BCUT2D eigenvalue weighted by molar-refractivity contribution is 6.05. The number of nitrogens with one attached hydrogen (secondary N) is 1. The summed E-state index contributed by atoms with van der Waals surface area (Å²) in [6.07, 6.45) is 4.09. The van der Waals surface area contributed by atoms with Gasteiger partial charge in [-0.05, 0) is 38.2 Å². The van der Waals surface area contributed by atoms with Gasteiger partial charge < -0.3 is 14.8 Å². The van der Waals surface area contributed by atoms with E-state index >= 15 is 0 Å². The van der Waals surface area contributed by atoms with Crippen LogP contribution in [0.25, 0.3) is 10.9 Å². The van der Waals surface area contributed by atoms with Gasteiger partial charge in [0.2, 0.25) is 0 Å². The highest BCUT2D eigenvalue weighted by Gasteiger charge is 2.19. The van der Waals surface area contributed by atoms with Crippen LogP contribution < -0.4 is 10.9 Å². The van der Waals surface area contributed by atoms with E-state index in [1.807, 2.05) is 74.8 Å². The quantitative estimate of drug-likeness (QED) is 0.404. The molecule has 0 spiro atoms. The molecule has 0 fully saturated rings. The van der Waals surface area contributed by atoms with Gasteiger partial charge in [0, 0.05) is 12.7 Å². The first-order chi connectivity index (χ1) is 16.0. The maximum atomic E-state index is 13.3. The Labute approximate surface area is 193 Å². The number of hydrogen-bond donors (Lipinski definition) is 1. The zero-order valence-electron chi connectivity index (χ0n) is 19.1. The van der Waals surface area contributed by atoms with Crippen molar-refractivity contribution < 1.29 is 4.79 Å². The molecule has 0 saturated heterocycles. The molecular formula is C26H29N5O2. The molecule has 4 rings (SSSR count). The number of amides is 1. The third kappa shape index (κ3) is 5.38. The topological polar surface area (TPSA) is 72.2 Å². The van der Waals surface area contributed by atoms with Gasteiger partial charge in [0.05, 0.1) is 35.8 Å². The zero-order valence-corrected chi connectivity index (χ0v) is 19.1. The number of benzene rings is 2. The largest absolute Gasteiger partial charge is 0.352 e. The van der Waals surface area contributed by atoms with Gasteiger partial charge in [-0.25, -0.2) is 0 Å². The minimum Gasteiger partial charge on any atom is -0.352 e. The van der Waals surface area contributed by atoms with E-state index < -0.39 is 0 Å². The standard InChI is InChI=1S/C26H29N5O2/c1-29(2)15-9-14-27-25(32)23-19-30(17-20-10-5-3-6-11-20)26(33)22-16-28-31(24(22)23)18-21-12-7-4-8-13-21/h3-8,10-13,16,19H,9,14-15,17-18H2,1-2H3,(H,27,32). The summed E-state index contributed by atoms with van der Waals surface area (Å²) in [4.78, 5) is 28.6. The van der Waals surface area contributed by atoms with Crippen LogP contribution in [0.15, 0.2) is 77.9 Å². The number of fused-ring (bicyclic) bond motifs is 1. The fourth-order valence-corrected chi connectivity index (χ4v) is 3.89. The van der Waals surface area contributed by atoms with Crippen LogP contribution in [0.1, 0.15) is 27.9 Å². The molecule has 7 heteroatoms. The molecule has 0 atom stereocenters. The fourth-order valence-electron chi connectivity index (χ4n) is 3.89. The molecule has 7 nitrogen and oxygen atoms in total. The van der Waals surface area contributed by atoms with E-state index in [9.17, 15) is 9.59 Å². The highest BCUT2D eigenvalue weighted by atomic mass is 16.2. The summed E-state index contributed by atoms with van der Waals surface area (Å²) in [5, 5.41) is 7.94. The maximum Gasteiger partial charge on any atom is 0.261 e. The Kier molecular flexibility index (Phi) is 7.00. The molecule has 0 unspecified atom stereocenters. The van der Waals surface area contributed by atoms with Crippen LogP contribution in [0, 0.1) is 0 Å². The minimum atomic E-state index is -0.199. The molecule has 33 heavy (non-hydrogen) atoms. The molecule has 0 bridgehead atoms. The first kappa shape index (κ1) is 22.5. The highest BCUT2D eigenvalue weighted by Crippen LogP contribution is 2.18. The van der Waals surface area contributed by atoms with Crippen molar-refractivity contribution in [2.24, 2.45) is 0 Å². The smallest absolute Gasteiger partial charge is 0.261 e. The summed E-state index contributed by atoms with van der Waals surface area (Å²) in [5.41, 5.74) is 2.91. The van der Waals surface area contributed by atoms with Crippen molar-refractivity contribution in [1.82, 2.24) is 24.6 Å². The predicted molar refractivity (Wildman–Crippen MR) is 131 cm³/mol. The van der Waals surface area contributed by atoms with Gasteiger partial charge >= 0.3 is 0 Å². The van der Waals surface area contributed by atoms with E-state index in [1.54, 1.807) is 21.6 Å². The summed E-state index contributed by atoms with van der Waals surface area (Å²) < 4.78 is 3.34. The molecule has 0 aliphatic heterocycles. The summed E-state index contributed by atoms with van der Waals surface area (Å²) >= 11 is 0. The van der Waals surface area contributed by atoms with Crippen LogP contribution in [0.4, 0.5) is 0 Å². The van der Waals surface area contributed by atoms with E-state index in [2.05, 4.69) is 15.3 Å². The lowest BCUT2D eigenvalue weighted by atomic mass is 10.1. The summed E-state index contributed by atoms with van der Waals surface area (Å²) in [5.74, 6) is -0.199. The molecule has 1 amide bonds. The van der Waals surface area contributed by atoms with Gasteiger partial charge in [0.1, 0.15) is 0 Å². The van der Waals surface area contributed by atoms with Crippen molar-refractivity contribution in [1.29, 1.82) is 0 Å². The number of hydrogen-bond acceptors (Lipinski definition) is 4. The average molecular weight is 444 g/mol. The van der Waals surface area contributed by atoms with E-state index in [1.165, 1.54) is 0 Å². The molecule has 2 aromatic heterocycles. The lowest BCUT2D eigenvalue weighted by Gasteiger charge is -2.14. The normalized spacial score (nSPS) is 11.2. The van der Waals surface area contributed by atoms with Crippen molar-refractivity contribution in [3.63, 3.8) is 0 Å². The van der Waals surface area contributed by atoms with Crippen molar-refractivity contribution >= 4 is 16.8 Å². The van der Waals surface area contributed by atoms with E-state index in [4.69, 9.17) is 0 Å². The lowest BCUT2D eigenvalue weighted by molar-refractivity contribution is 0.0952.